The molecule has 0 bridgehead atoms. The van der Waals surface area contributed by atoms with Crippen LogP contribution in [0.15, 0.2) is 0 Å². The molecule has 0 spiro atoms. The monoisotopic (exact) mass is 129 g/mol. The fourth-order valence-corrected chi connectivity index (χ4v) is 1.10. The van der Waals surface area contributed by atoms with E-state index in [4.69, 9.17) is 10.5 Å². The second-order valence-electron chi connectivity index (χ2n) is 3.04. The number of ether oxygens (including phenoxy) is 1. The van der Waals surface area contributed by atoms with Crippen LogP contribution in [0.25, 0.3) is 0 Å². The molecule has 1 saturated carbocycles. The molecule has 0 aliphatic heterocycles. The van der Waals surface area contributed by atoms with Gasteiger partial charge in [-0.2, -0.15) is 0 Å². The van der Waals surface area contributed by atoms with Crippen molar-refractivity contribution in [3.05, 3.63) is 0 Å². The molecular formula is C7H15NO. The van der Waals surface area contributed by atoms with Gasteiger partial charge >= 0.3 is 0 Å². The Hall–Kier alpha value is -0.0800. The van der Waals surface area contributed by atoms with Gasteiger partial charge in [0, 0.05) is 6.04 Å². The van der Waals surface area contributed by atoms with Gasteiger partial charge in [-0.25, -0.2) is 0 Å². The zero-order chi connectivity index (χ0) is 6.85. The van der Waals surface area contributed by atoms with E-state index >= 15 is 0 Å². The summed E-state index contributed by atoms with van der Waals surface area (Å²) in [6, 6.07) is 0.411. The second kappa shape index (κ2) is 2.67. The van der Waals surface area contributed by atoms with E-state index < -0.39 is 0 Å². The molecule has 0 unspecified atom stereocenters. The Morgan fingerprint density at radius 3 is 2.33 bits per heavy atom. The van der Waals surface area contributed by atoms with Gasteiger partial charge in [0.2, 0.25) is 0 Å². The summed E-state index contributed by atoms with van der Waals surface area (Å²) in [7, 11) is 0. The quantitative estimate of drug-likeness (QED) is 0.601. The molecule has 0 heterocycles. The van der Waals surface area contributed by atoms with Gasteiger partial charge in [0.05, 0.1) is 12.2 Å². The van der Waals surface area contributed by atoms with Gasteiger partial charge in [-0.3, -0.25) is 0 Å². The minimum atomic E-state index is 0.363. The van der Waals surface area contributed by atoms with Gasteiger partial charge in [-0.05, 0) is 26.7 Å². The van der Waals surface area contributed by atoms with Crippen LogP contribution in [0.2, 0.25) is 0 Å². The summed E-state index contributed by atoms with van der Waals surface area (Å²) in [5, 5.41) is 0. The van der Waals surface area contributed by atoms with E-state index in [-0.39, 0.29) is 0 Å². The molecule has 0 atom stereocenters. The average Bonchev–Trinajstić information content (AvgIpc) is 1.60. The van der Waals surface area contributed by atoms with Gasteiger partial charge in [-0.1, -0.05) is 0 Å². The van der Waals surface area contributed by atoms with Gasteiger partial charge in [0.25, 0.3) is 0 Å². The minimum absolute atomic E-state index is 0.363. The lowest BCUT2D eigenvalue weighted by molar-refractivity contribution is -0.0432. The van der Waals surface area contributed by atoms with Crippen LogP contribution in [0.4, 0.5) is 0 Å². The van der Waals surface area contributed by atoms with E-state index in [9.17, 15) is 0 Å². The van der Waals surface area contributed by atoms with Crippen LogP contribution in [0.3, 0.4) is 0 Å². The first-order valence-electron chi connectivity index (χ1n) is 3.59. The van der Waals surface area contributed by atoms with Gasteiger partial charge < -0.3 is 10.5 Å². The van der Waals surface area contributed by atoms with E-state index in [0.717, 1.165) is 12.8 Å². The third kappa shape index (κ3) is 1.95. The van der Waals surface area contributed by atoms with E-state index in [1.54, 1.807) is 0 Å². The Labute approximate surface area is 56.4 Å². The molecule has 0 amide bonds. The Kier molecular flexibility index (Phi) is 2.09. The van der Waals surface area contributed by atoms with Crippen molar-refractivity contribution in [1.29, 1.82) is 0 Å². The summed E-state index contributed by atoms with van der Waals surface area (Å²) in [4.78, 5) is 0. The summed E-state index contributed by atoms with van der Waals surface area (Å²) in [5.74, 6) is 0. The van der Waals surface area contributed by atoms with Crippen molar-refractivity contribution in [2.45, 2.75) is 44.9 Å². The molecule has 54 valence electrons. The zero-order valence-electron chi connectivity index (χ0n) is 6.13. The van der Waals surface area contributed by atoms with Crippen molar-refractivity contribution in [3.63, 3.8) is 0 Å². The van der Waals surface area contributed by atoms with Gasteiger partial charge in [-0.15, -0.1) is 0 Å². The highest BCUT2D eigenvalue weighted by Gasteiger charge is 2.26. The molecule has 0 aromatic heterocycles. The van der Waals surface area contributed by atoms with Crippen molar-refractivity contribution in [2.24, 2.45) is 5.73 Å². The van der Waals surface area contributed by atoms with E-state index in [1.807, 2.05) is 0 Å². The first kappa shape index (κ1) is 7.03. The minimum Gasteiger partial charge on any atom is -0.375 e. The highest BCUT2D eigenvalue weighted by atomic mass is 16.5. The topological polar surface area (TPSA) is 35.2 Å². The Morgan fingerprint density at radius 1 is 1.44 bits per heavy atom. The summed E-state index contributed by atoms with van der Waals surface area (Å²) < 4.78 is 5.48. The fraction of sp³-hybridized carbons (Fsp3) is 1.00. The maximum atomic E-state index is 5.56. The molecule has 1 fully saturated rings. The molecule has 1 aliphatic carbocycles. The molecule has 1 rings (SSSR count). The Bertz CT molecular complexity index is 86.9. The first-order valence-corrected chi connectivity index (χ1v) is 3.59. The average molecular weight is 129 g/mol. The standard InChI is InChI=1S/C7H15NO/c1-5(2)9-7-3-6(8)4-7/h5-7H,3-4,8H2,1-2H3. The molecular weight excluding hydrogens is 114 g/mol. The van der Waals surface area contributed by atoms with Crippen molar-refractivity contribution < 1.29 is 4.74 Å². The summed E-state index contributed by atoms with van der Waals surface area (Å²) in [5.41, 5.74) is 5.56. The van der Waals surface area contributed by atoms with Crippen LogP contribution in [0.5, 0.6) is 0 Å². The maximum absolute atomic E-state index is 5.56. The fourth-order valence-electron chi connectivity index (χ4n) is 1.10. The first-order chi connectivity index (χ1) is 4.18. The highest BCUT2D eigenvalue weighted by Crippen LogP contribution is 2.22. The van der Waals surface area contributed by atoms with E-state index in [2.05, 4.69) is 13.8 Å². The third-order valence-electron chi connectivity index (χ3n) is 1.60. The largest absolute Gasteiger partial charge is 0.375 e. The summed E-state index contributed by atoms with van der Waals surface area (Å²) in [6.45, 7) is 4.12. The normalized spacial score (nSPS) is 34.7. The molecule has 1 aliphatic rings. The van der Waals surface area contributed by atoms with Crippen LogP contribution in [0, 0.1) is 0 Å². The molecule has 9 heavy (non-hydrogen) atoms. The zero-order valence-corrected chi connectivity index (χ0v) is 6.13. The second-order valence-corrected chi connectivity index (χ2v) is 3.04. The molecule has 0 aromatic rings. The number of hydrogen-bond acceptors (Lipinski definition) is 2. The van der Waals surface area contributed by atoms with Crippen molar-refractivity contribution in [3.8, 4) is 0 Å². The lowest BCUT2D eigenvalue weighted by atomic mass is 9.90. The number of nitrogens with two attached hydrogens (primary N) is 1. The molecule has 2 N–H and O–H groups in total. The molecule has 2 nitrogen and oxygen atoms in total. The molecule has 0 saturated heterocycles. The third-order valence-corrected chi connectivity index (χ3v) is 1.60. The van der Waals surface area contributed by atoms with Crippen LogP contribution in [0.1, 0.15) is 26.7 Å². The molecule has 0 radical (unpaired) electrons. The van der Waals surface area contributed by atoms with E-state index in [1.165, 1.54) is 0 Å². The number of hydrogen-bond donors (Lipinski definition) is 1. The smallest absolute Gasteiger partial charge is 0.0608 e. The van der Waals surface area contributed by atoms with Crippen molar-refractivity contribution in [1.82, 2.24) is 0 Å². The highest BCUT2D eigenvalue weighted by molar-refractivity contribution is 4.83. The van der Waals surface area contributed by atoms with Gasteiger partial charge in [0.15, 0.2) is 0 Å². The lowest BCUT2D eigenvalue weighted by Crippen LogP contribution is -2.42. The van der Waals surface area contributed by atoms with Crippen molar-refractivity contribution >= 4 is 0 Å². The summed E-state index contributed by atoms with van der Waals surface area (Å²) >= 11 is 0. The van der Waals surface area contributed by atoms with Crippen LogP contribution >= 0.6 is 0 Å². The predicted molar refractivity (Wildman–Crippen MR) is 37.2 cm³/mol. The Morgan fingerprint density at radius 2 is 2.00 bits per heavy atom. The number of rotatable bonds is 2. The lowest BCUT2D eigenvalue weighted by Gasteiger charge is -2.33. The van der Waals surface area contributed by atoms with Crippen LogP contribution in [-0.4, -0.2) is 18.2 Å². The maximum Gasteiger partial charge on any atom is 0.0608 e. The van der Waals surface area contributed by atoms with Crippen molar-refractivity contribution in [2.75, 3.05) is 0 Å². The van der Waals surface area contributed by atoms with E-state index in [0.29, 0.717) is 18.2 Å². The SMILES string of the molecule is CC(C)OC1CC(N)C1. The summed E-state index contributed by atoms with van der Waals surface area (Å²) in [6.07, 6.45) is 2.93. The molecule has 0 aromatic carbocycles. The molecule has 2 heteroatoms. The Balaban J connectivity index is 2.04. The van der Waals surface area contributed by atoms with Crippen LogP contribution < -0.4 is 5.73 Å². The predicted octanol–water partition coefficient (Wildman–Crippen LogP) is 0.901. The van der Waals surface area contributed by atoms with Gasteiger partial charge in [0.1, 0.15) is 0 Å². The van der Waals surface area contributed by atoms with Crippen LogP contribution in [-0.2, 0) is 4.74 Å².